The molecule has 2 aliphatic heterocycles. The number of benzene rings is 2. The molecule has 30 heavy (non-hydrogen) atoms. The molecule has 2 aromatic rings. The number of sulfonamides is 1. The normalized spacial score (nSPS) is 23.6. The fourth-order valence-corrected chi connectivity index (χ4v) is 4.95. The topological polar surface area (TPSA) is 106 Å². The van der Waals surface area contributed by atoms with E-state index in [1.54, 1.807) is 18.2 Å². The van der Waals surface area contributed by atoms with Gasteiger partial charge in [0, 0.05) is 19.6 Å². The van der Waals surface area contributed by atoms with E-state index in [9.17, 15) is 13.2 Å². The molecule has 2 atom stereocenters. The van der Waals surface area contributed by atoms with Gasteiger partial charge in [0.1, 0.15) is 5.71 Å². The minimum Gasteiger partial charge on any atom is -0.384 e. The standard InChI is InChI=1S/C21H23N3O5S/c25-20(22-14-16-7-3-1-4-8-16)18-13-21(29-23-18)15-28-12-11-19(21)24-30(26,27)17-9-5-2-6-10-17/h1-10,19,24H,11-15H2,(H,22,25)/t19-,21-/m1/s1. The first-order valence-corrected chi connectivity index (χ1v) is 11.2. The largest absolute Gasteiger partial charge is 0.384 e. The number of hydrogen-bond donors (Lipinski definition) is 2. The Morgan fingerprint density at radius 1 is 1.10 bits per heavy atom. The molecule has 9 heteroatoms. The van der Waals surface area contributed by atoms with Crippen LogP contribution in [0, 0.1) is 0 Å². The molecule has 2 aliphatic rings. The van der Waals surface area contributed by atoms with Crippen molar-refractivity contribution in [2.75, 3.05) is 13.2 Å². The van der Waals surface area contributed by atoms with Gasteiger partial charge in [-0.1, -0.05) is 53.7 Å². The summed E-state index contributed by atoms with van der Waals surface area (Å²) in [4.78, 5) is 18.4. The van der Waals surface area contributed by atoms with Crippen LogP contribution < -0.4 is 10.0 Å². The van der Waals surface area contributed by atoms with Gasteiger partial charge in [0.05, 0.1) is 17.5 Å². The van der Waals surface area contributed by atoms with E-state index < -0.39 is 21.7 Å². The molecule has 0 saturated carbocycles. The van der Waals surface area contributed by atoms with Crippen LogP contribution in [-0.2, 0) is 30.9 Å². The van der Waals surface area contributed by atoms with Gasteiger partial charge in [0.2, 0.25) is 10.0 Å². The molecule has 2 aromatic carbocycles. The lowest BCUT2D eigenvalue weighted by Crippen LogP contribution is -2.58. The minimum absolute atomic E-state index is 0.147. The first kappa shape index (κ1) is 20.5. The van der Waals surface area contributed by atoms with Crippen molar-refractivity contribution in [3.05, 3.63) is 66.2 Å². The molecule has 158 valence electrons. The average Bonchev–Trinajstić information content (AvgIpc) is 3.20. The zero-order valence-electron chi connectivity index (χ0n) is 16.3. The van der Waals surface area contributed by atoms with Crippen molar-refractivity contribution < 1.29 is 22.8 Å². The van der Waals surface area contributed by atoms with Crippen LogP contribution in [0.15, 0.2) is 70.7 Å². The van der Waals surface area contributed by atoms with Crippen LogP contribution in [0.5, 0.6) is 0 Å². The van der Waals surface area contributed by atoms with E-state index in [2.05, 4.69) is 15.2 Å². The van der Waals surface area contributed by atoms with E-state index in [1.165, 1.54) is 12.1 Å². The second kappa shape index (κ2) is 8.55. The number of rotatable bonds is 6. The highest BCUT2D eigenvalue weighted by atomic mass is 32.2. The van der Waals surface area contributed by atoms with Crippen LogP contribution in [0.3, 0.4) is 0 Å². The van der Waals surface area contributed by atoms with E-state index in [-0.39, 0.29) is 29.5 Å². The lowest BCUT2D eigenvalue weighted by atomic mass is 9.86. The van der Waals surface area contributed by atoms with Gasteiger partial charge in [-0.05, 0) is 24.1 Å². The van der Waals surface area contributed by atoms with Crippen LogP contribution in [0.2, 0.25) is 0 Å². The number of amides is 1. The Hall–Kier alpha value is -2.75. The quantitative estimate of drug-likeness (QED) is 0.725. The fraction of sp³-hybridized carbons (Fsp3) is 0.333. The van der Waals surface area contributed by atoms with Crippen molar-refractivity contribution >= 4 is 21.6 Å². The Morgan fingerprint density at radius 3 is 2.53 bits per heavy atom. The highest BCUT2D eigenvalue weighted by molar-refractivity contribution is 7.89. The van der Waals surface area contributed by atoms with Crippen LogP contribution in [-0.4, -0.2) is 44.9 Å². The first-order chi connectivity index (χ1) is 14.5. The predicted octanol–water partition coefficient (Wildman–Crippen LogP) is 1.59. The SMILES string of the molecule is O=C(NCc1ccccc1)C1=NO[C@@]2(COCC[C@H]2NS(=O)(=O)c2ccccc2)C1. The van der Waals surface area contributed by atoms with Crippen molar-refractivity contribution in [3.8, 4) is 0 Å². The van der Waals surface area contributed by atoms with Gasteiger partial charge in [-0.25, -0.2) is 13.1 Å². The van der Waals surface area contributed by atoms with E-state index in [0.717, 1.165) is 5.56 Å². The van der Waals surface area contributed by atoms with Gasteiger partial charge in [-0.2, -0.15) is 0 Å². The molecule has 1 amide bonds. The number of carbonyl (C=O) groups excluding carboxylic acids is 1. The Balaban J connectivity index is 1.43. The molecule has 0 radical (unpaired) electrons. The van der Waals surface area contributed by atoms with Crippen LogP contribution in [0.25, 0.3) is 0 Å². The number of hydrogen-bond acceptors (Lipinski definition) is 6. The van der Waals surface area contributed by atoms with Gasteiger partial charge in [-0.15, -0.1) is 0 Å². The third-order valence-corrected chi connectivity index (χ3v) is 6.73. The van der Waals surface area contributed by atoms with Crippen molar-refractivity contribution in [1.82, 2.24) is 10.0 Å². The maximum atomic E-state index is 12.8. The maximum absolute atomic E-state index is 12.8. The number of oxime groups is 1. The Kier molecular flexibility index (Phi) is 5.85. The molecule has 0 bridgehead atoms. The van der Waals surface area contributed by atoms with E-state index in [4.69, 9.17) is 9.57 Å². The highest BCUT2D eigenvalue weighted by Gasteiger charge is 2.51. The van der Waals surface area contributed by atoms with Gasteiger partial charge in [0.25, 0.3) is 5.91 Å². The molecule has 1 spiro atoms. The molecule has 2 N–H and O–H groups in total. The zero-order chi connectivity index (χ0) is 21.0. The van der Waals surface area contributed by atoms with E-state index in [0.29, 0.717) is 19.6 Å². The Labute approximate surface area is 175 Å². The predicted molar refractivity (Wildman–Crippen MR) is 110 cm³/mol. The number of nitrogens with zero attached hydrogens (tertiary/aromatic N) is 1. The molecule has 4 rings (SSSR count). The molecule has 0 unspecified atom stereocenters. The lowest BCUT2D eigenvalue weighted by molar-refractivity contribution is -0.126. The first-order valence-electron chi connectivity index (χ1n) is 9.71. The fourth-order valence-electron chi connectivity index (χ4n) is 3.59. The smallest absolute Gasteiger partial charge is 0.269 e. The molecule has 0 aliphatic carbocycles. The van der Waals surface area contributed by atoms with Crippen molar-refractivity contribution in [2.24, 2.45) is 5.16 Å². The van der Waals surface area contributed by atoms with Gasteiger partial charge in [0.15, 0.2) is 5.60 Å². The summed E-state index contributed by atoms with van der Waals surface area (Å²) < 4.78 is 33.9. The highest BCUT2D eigenvalue weighted by Crippen LogP contribution is 2.33. The van der Waals surface area contributed by atoms with Gasteiger partial charge < -0.3 is 14.9 Å². The van der Waals surface area contributed by atoms with Gasteiger partial charge in [-0.3, -0.25) is 4.79 Å². The van der Waals surface area contributed by atoms with E-state index >= 15 is 0 Å². The number of ether oxygens (including phenoxy) is 1. The molecule has 0 aromatic heterocycles. The lowest BCUT2D eigenvalue weighted by Gasteiger charge is -2.38. The molecular formula is C21H23N3O5S. The summed E-state index contributed by atoms with van der Waals surface area (Å²) in [6.45, 7) is 0.906. The van der Waals surface area contributed by atoms with Crippen LogP contribution >= 0.6 is 0 Å². The summed E-state index contributed by atoms with van der Waals surface area (Å²) in [6.07, 6.45) is 0.579. The molecule has 1 saturated heterocycles. The zero-order valence-corrected chi connectivity index (χ0v) is 17.1. The Morgan fingerprint density at radius 2 is 1.80 bits per heavy atom. The van der Waals surface area contributed by atoms with Crippen molar-refractivity contribution in [3.63, 3.8) is 0 Å². The van der Waals surface area contributed by atoms with Crippen molar-refractivity contribution in [1.29, 1.82) is 0 Å². The average molecular weight is 429 g/mol. The second-order valence-corrected chi connectivity index (χ2v) is 9.08. The summed E-state index contributed by atoms with van der Waals surface area (Å²) in [6, 6.07) is 17.1. The summed E-state index contributed by atoms with van der Waals surface area (Å²) in [5.74, 6) is -0.342. The summed E-state index contributed by atoms with van der Waals surface area (Å²) in [5.41, 5.74) is 0.148. The molecule has 2 heterocycles. The second-order valence-electron chi connectivity index (χ2n) is 7.37. The summed E-state index contributed by atoms with van der Waals surface area (Å²) in [7, 11) is -3.74. The Bertz CT molecular complexity index is 1030. The van der Waals surface area contributed by atoms with Crippen LogP contribution in [0.4, 0.5) is 0 Å². The maximum Gasteiger partial charge on any atom is 0.269 e. The summed E-state index contributed by atoms with van der Waals surface area (Å²) >= 11 is 0. The third-order valence-electron chi connectivity index (χ3n) is 5.25. The third kappa shape index (κ3) is 4.38. The minimum atomic E-state index is -3.74. The molecular weight excluding hydrogens is 406 g/mol. The molecule has 1 fully saturated rings. The molecule has 8 nitrogen and oxygen atoms in total. The van der Waals surface area contributed by atoms with E-state index in [1.807, 2.05) is 30.3 Å². The monoisotopic (exact) mass is 429 g/mol. The van der Waals surface area contributed by atoms with Crippen LogP contribution in [0.1, 0.15) is 18.4 Å². The number of carbonyl (C=O) groups is 1. The summed E-state index contributed by atoms with van der Waals surface area (Å²) in [5, 5.41) is 6.79. The van der Waals surface area contributed by atoms with Crippen molar-refractivity contribution in [2.45, 2.75) is 35.9 Å². The number of nitrogens with one attached hydrogen (secondary N) is 2. The van der Waals surface area contributed by atoms with Gasteiger partial charge >= 0.3 is 0 Å².